The highest BCUT2D eigenvalue weighted by atomic mass is 19.1. The highest BCUT2D eigenvalue weighted by Gasteiger charge is 2.08. The lowest BCUT2D eigenvalue weighted by Gasteiger charge is -2.10. The molecule has 0 amide bonds. The van der Waals surface area contributed by atoms with E-state index < -0.39 is 5.82 Å². The molecule has 0 aliphatic carbocycles. The lowest BCUT2D eigenvalue weighted by Crippen LogP contribution is -2.20. The molecular formula is C15H17FN4O. The average Bonchev–Trinajstić information content (AvgIpc) is 2.50. The quantitative estimate of drug-likeness (QED) is 0.340. The predicted octanol–water partition coefficient (Wildman–Crippen LogP) is 1.91. The minimum Gasteiger partial charge on any atom is -0.409 e. The van der Waals surface area contributed by atoms with Gasteiger partial charge in [0.1, 0.15) is 5.82 Å². The van der Waals surface area contributed by atoms with E-state index in [1.54, 1.807) is 12.3 Å². The highest BCUT2D eigenvalue weighted by molar-refractivity contribution is 5.98. The van der Waals surface area contributed by atoms with Gasteiger partial charge >= 0.3 is 0 Å². The fraction of sp³-hybridized carbons (Fsp3) is 0.200. The van der Waals surface area contributed by atoms with Gasteiger partial charge in [-0.15, -0.1) is 0 Å². The van der Waals surface area contributed by atoms with Crippen molar-refractivity contribution in [3.05, 3.63) is 64.7 Å². The summed E-state index contributed by atoms with van der Waals surface area (Å²) in [7, 11) is 0. The van der Waals surface area contributed by atoms with Crippen molar-refractivity contribution in [1.82, 2.24) is 10.3 Å². The van der Waals surface area contributed by atoms with E-state index in [-0.39, 0.29) is 5.84 Å². The maximum Gasteiger partial charge on any atom is 0.170 e. The van der Waals surface area contributed by atoms with Gasteiger partial charge in [-0.25, -0.2) is 4.39 Å². The lowest BCUT2D eigenvalue weighted by atomic mass is 10.1. The van der Waals surface area contributed by atoms with Crippen molar-refractivity contribution in [3.63, 3.8) is 0 Å². The first-order valence-electron chi connectivity index (χ1n) is 6.48. The normalized spacial score (nSPS) is 11.6. The molecule has 4 N–H and O–H groups in total. The van der Waals surface area contributed by atoms with Crippen LogP contribution in [0.3, 0.4) is 0 Å². The van der Waals surface area contributed by atoms with Gasteiger partial charge in [0.25, 0.3) is 0 Å². The van der Waals surface area contributed by atoms with Crippen molar-refractivity contribution >= 4 is 5.84 Å². The Morgan fingerprint density at radius 3 is 2.81 bits per heavy atom. The molecule has 0 saturated heterocycles. The largest absolute Gasteiger partial charge is 0.409 e. The molecule has 0 fully saturated rings. The molecule has 1 aromatic carbocycles. The van der Waals surface area contributed by atoms with E-state index in [4.69, 9.17) is 10.9 Å². The number of aromatic nitrogens is 1. The summed E-state index contributed by atoms with van der Waals surface area (Å²) >= 11 is 0. The number of aryl methyl sites for hydroxylation is 1. The van der Waals surface area contributed by atoms with Gasteiger partial charge in [0.05, 0.1) is 0 Å². The Morgan fingerprint density at radius 1 is 1.33 bits per heavy atom. The number of rotatable bonds is 5. The number of hydrogen-bond donors (Lipinski definition) is 3. The smallest absolute Gasteiger partial charge is 0.170 e. The van der Waals surface area contributed by atoms with E-state index in [0.717, 1.165) is 16.8 Å². The second-order valence-electron chi connectivity index (χ2n) is 4.70. The zero-order valence-corrected chi connectivity index (χ0v) is 11.7. The van der Waals surface area contributed by atoms with E-state index in [0.29, 0.717) is 18.7 Å². The number of nitrogens with one attached hydrogen (secondary N) is 1. The SMILES string of the molecule is Cc1ccc(CNCc2ccc(F)cc2C(N)=NO)cn1. The monoisotopic (exact) mass is 288 g/mol. The van der Waals surface area contributed by atoms with Crippen LogP contribution in [0.15, 0.2) is 41.7 Å². The maximum atomic E-state index is 13.2. The molecule has 0 aliphatic heterocycles. The Hall–Kier alpha value is -2.47. The number of oxime groups is 1. The van der Waals surface area contributed by atoms with Crippen LogP contribution in [0.1, 0.15) is 22.4 Å². The van der Waals surface area contributed by atoms with Crippen molar-refractivity contribution in [2.24, 2.45) is 10.9 Å². The summed E-state index contributed by atoms with van der Waals surface area (Å²) in [6.07, 6.45) is 1.80. The molecule has 1 aromatic heterocycles. The van der Waals surface area contributed by atoms with Gasteiger partial charge < -0.3 is 16.3 Å². The van der Waals surface area contributed by atoms with Crippen LogP contribution in [0.4, 0.5) is 4.39 Å². The van der Waals surface area contributed by atoms with Crippen LogP contribution in [-0.4, -0.2) is 16.0 Å². The van der Waals surface area contributed by atoms with Gasteiger partial charge in [-0.05, 0) is 36.2 Å². The fourth-order valence-electron chi connectivity index (χ4n) is 1.94. The Kier molecular flexibility index (Phi) is 4.84. The van der Waals surface area contributed by atoms with E-state index in [1.165, 1.54) is 12.1 Å². The first-order chi connectivity index (χ1) is 10.1. The Bertz CT molecular complexity index is 641. The van der Waals surface area contributed by atoms with Gasteiger partial charge in [0, 0.05) is 30.5 Å². The minimum atomic E-state index is -0.428. The summed E-state index contributed by atoms with van der Waals surface area (Å²) < 4.78 is 13.2. The van der Waals surface area contributed by atoms with Crippen molar-refractivity contribution in [2.45, 2.75) is 20.0 Å². The number of benzene rings is 1. The van der Waals surface area contributed by atoms with Crippen LogP contribution >= 0.6 is 0 Å². The number of nitrogens with two attached hydrogens (primary N) is 1. The molecule has 0 saturated carbocycles. The lowest BCUT2D eigenvalue weighted by molar-refractivity contribution is 0.318. The molecule has 6 heteroatoms. The molecule has 5 nitrogen and oxygen atoms in total. The van der Waals surface area contributed by atoms with Gasteiger partial charge in [-0.3, -0.25) is 4.98 Å². The van der Waals surface area contributed by atoms with Crippen molar-refractivity contribution in [2.75, 3.05) is 0 Å². The van der Waals surface area contributed by atoms with Crippen LogP contribution in [0.2, 0.25) is 0 Å². The molecule has 110 valence electrons. The van der Waals surface area contributed by atoms with Crippen LogP contribution in [0, 0.1) is 12.7 Å². The number of amidine groups is 1. The van der Waals surface area contributed by atoms with E-state index >= 15 is 0 Å². The second kappa shape index (κ2) is 6.81. The summed E-state index contributed by atoms with van der Waals surface area (Å²) in [6.45, 7) is 3.03. The van der Waals surface area contributed by atoms with E-state index in [1.807, 2.05) is 19.1 Å². The van der Waals surface area contributed by atoms with Crippen LogP contribution in [0.5, 0.6) is 0 Å². The second-order valence-corrected chi connectivity index (χ2v) is 4.70. The minimum absolute atomic E-state index is 0.108. The Morgan fingerprint density at radius 2 is 2.14 bits per heavy atom. The molecule has 0 spiro atoms. The Labute approximate surface area is 122 Å². The molecule has 0 bridgehead atoms. The highest BCUT2D eigenvalue weighted by Crippen LogP contribution is 2.11. The molecule has 0 atom stereocenters. The number of halogens is 1. The van der Waals surface area contributed by atoms with Crippen molar-refractivity contribution < 1.29 is 9.60 Å². The van der Waals surface area contributed by atoms with Crippen molar-refractivity contribution in [3.8, 4) is 0 Å². The Balaban J connectivity index is 2.04. The first-order valence-corrected chi connectivity index (χ1v) is 6.48. The van der Waals surface area contributed by atoms with Gasteiger partial charge in [-0.2, -0.15) is 0 Å². The molecule has 2 aromatic rings. The van der Waals surface area contributed by atoms with E-state index in [2.05, 4.69) is 15.5 Å². The first kappa shape index (κ1) is 14.9. The summed E-state index contributed by atoms with van der Waals surface area (Å²) in [5, 5.41) is 14.9. The van der Waals surface area contributed by atoms with Crippen LogP contribution in [0.25, 0.3) is 0 Å². The third kappa shape index (κ3) is 4.00. The molecule has 21 heavy (non-hydrogen) atoms. The van der Waals surface area contributed by atoms with Gasteiger partial charge in [0.2, 0.25) is 0 Å². The zero-order valence-electron chi connectivity index (χ0n) is 11.7. The van der Waals surface area contributed by atoms with E-state index in [9.17, 15) is 4.39 Å². The summed E-state index contributed by atoms with van der Waals surface area (Å²) in [5.41, 5.74) is 8.71. The third-order valence-corrected chi connectivity index (χ3v) is 3.07. The topological polar surface area (TPSA) is 83.5 Å². The molecule has 0 unspecified atom stereocenters. The van der Waals surface area contributed by atoms with Crippen LogP contribution in [-0.2, 0) is 13.1 Å². The summed E-state index contributed by atoms with van der Waals surface area (Å²) in [5.74, 6) is -0.536. The molecule has 0 radical (unpaired) electrons. The fourth-order valence-corrected chi connectivity index (χ4v) is 1.94. The number of nitrogens with zero attached hydrogens (tertiary/aromatic N) is 2. The van der Waals surface area contributed by atoms with Crippen LogP contribution < -0.4 is 11.1 Å². The molecule has 2 rings (SSSR count). The average molecular weight is 288 g/mol. The summed E-state index contributed by atoms with van der Waals surface area (Å²) in [6, 6.07) is 8.14. The summed E-state index contributed by atoms with van der Waals surface area (Å²) in [4.78, 5) is 4.21. The predicted molar refractivity (Wildman–Crippen MR) is 78.4 cm³/mol. The molecule has 1 heterocycles. The molecule has 0 aliphatic rings. The number of hydrogen-bond acceptors (Lipinski definition) is 4. The molecular weight excluding hydrogens is 271 g/mol. The van der Waals surface area contributed by atoms with Gasteiger partial charge in [0.15, 0.2) is 5.84 Å². The maximum absolute atomic E-state index is 13.2. The zero-order chi connectivity index (χ0) is 15.2. The van der Waals surface area contributed by atoms with Gasteiger partial charge in [-0.1, -0.05) is 17.3 Å². The standard InChI is InChI=1S/C15H17FN4O/c1-10-2-3-11(8-19-10)7-18-9-12-4-5-13(16)6-14(12)15(17)20-21/h2-6,8,18,21H,7,9H2,1H3,(H2,17,20). The third-order valence-electron chi connectivity index (χ3n) is 3.07. The van der Waals surface area contributed by atoms with Crippen molar-refractivity contribution in [1.29, 1.82) is 0 Å². The number of pyridine rings is 1.